The molecule has 0 fully saturated rings. The van der Waals surface area contributed by atoms with Crippen LogP contribution in [0.2, 0.25) is 0 Å². The number of rotatable bonds is 2. The van der Waals surface area contributed by atoms with Crippen LogP contribution in [0.4, 0.5) is 5.82 Å². The number of hydrogen-bond donors (Lipinski definition) is 1. The van der Waals surface area contributed by atoms with Gasteiger partial charge in [0.2, 0.25) is 0 Å². The van der Waals surface area contributed by atoms with Crippen molar-refractivity contribution in [2.24, 2.45) is 0 Å². The van der Waals surface area contributed by atoms with Gasteiger partial charge in [0.25, 0.3) is 0 Å². The predicted molar refractivity (Wildman–Crippen MR) is 85.2 cm³/mol. The first kappa shape index (κ1) is 14.5. The molecule has 0 saturated carbocycles. The van der Waals surface area contributed by atoms with Crippen LogP contribution < -0.4 is 5.73 Å². The van der Waals surface area contributed by atoms with E-state index < -0.39 is 5.92 Å². The molecule has 0 aliphatic heterocycles. The minimum absolute atomic E-state index is 0.00265. The van der Waals surface area contributed by atoms with E-state index in [1.54, 1.807) is 0 Å². The molecular weight excluding hydrogens is 308 g/mol. The number of benzene rings is 1. The van der Waals surface area contributed by atoms with E-state index in [1.165, 1.54) is 17.4 Å². The zero-order chi connectivity index (χ0) is 16.4. The number of pyridine rings is 1. The summed E-state index contributed by atoms with van der Waals surface area (Å²) in [4.78, 5) is 8.56. The maximum atomic E-state index is 9.56. The van der Waals surface area contributed by atoms with Gasteiger partial charge >= 0.3 is 0 Å². The monoisotopic (exact) mass is 316 g/mol. The van der Waals surface area contributed by atoms with Crippen LogP contribution in [-0.4, -0.2) is 9.97 Å². The Hall–Kier alpha value is -3.47. The van der Waals surface area contributed by atoms with Gasteiger partial charge in [-0.2, -0.15) is 15.8 Å². The molecule has 1 unspecified atom stereocenters. The summed E-state index contributed by atoms with van der Waals surface area (Å²) in [5.41, 5.74) is 7.02. The Balaban J connectivity index is 2.19. The SMILES string of the molecule is N#Cc1cc(C#N)c(C(C#N)c2nc3ccccc3s2)nc1N. The molecule has 0 saturated heterocycles. The number of hydrogen-bond acceptors (Lipinski definition) is 7. The van der Waals surface area contributed by atoms with Gasteiger partial charge in [0.15, 0.2) is 0 Å². The molecule has 3 rings (SSSR count). The van der Waals surface area contributed by atoms with Crippen LogP contribution in [0.15, 0.2) is 30.3 Å². The maximum Gasteiger partial charge on any atom is 0.141 e. The zero-order valence-corrected chi connectivity index (χ0v) is 12.5. The van der Waals surface area contributed by atoms with Crippen molar-refractivity contribution in [3.63, 3.8) is 0 Å². The fourth-order valence-corrected chi connectivity index (χ4v) is 3.20. The lowest BCUT2D eigenvalue weighted by Gasteiger charge is -2.09. The Morgan fingerprint density at radius 1 is 1.04 bits per heavy atom. The van der Waals surface area contributed by atoms with Crippen molar-refractivity contribution < 1.29 is 0 Å². The van der Waals surface area contributed by atoms with Crippen molar-refractivity contribution in [3.05, 3.63) is 52.2 Å². The van der Waals surface area contributed by atoms with Crippen LogP contribution in [0.5, 0.6) is 0 Å². The molecule has 0 aliphatic carbocycles. The molecule has 23 heavy (non-hydrogen) atoms. The highest BCUT2D eigenvalue weighted by atomic mass is 32.1. The number of nitrogen functional groups attached to an aromatic ring is 1. The lowest BCUT2D eigenvalue weighted by atomic mass is 10.0. The molecule has 0 spiro atoms. The zero-order valence-electron chi connectivity index (χ0n) is 11.7. The largest absolute Gasteiger partial charge is 0.383 e. The van der Waals surface area contributed by atoms with Gasteiger partial charge in [0, 0.05) is 0 Å². The highest BCUT2D eigenvalue weighted by Crippen LogP contribution is 2.32. The summed E-state index contributed by atoms with van der Waals surface area (Å²) < 4.78 is 0.947. The predicted octanol–water partition coefficient (Wildman–Crippen LogP) is 2.67. The molecule has 0 amide bonds. The molecule has 7 heteroatoms. The fraction of sp³-hybridized carbons (Fsp3) is 0.0625. The molecule has 0 radical (unpaired) electrons. The van der Waals surface area contributed by atoms with E-state index in [0.717, 1.165) is 10.2 Å². The Labute approximate surface area is 135 Å². The van der Waals surface area contributed by atoms with E-state index in [4.69, 9.17) is 11.0 Å². The lowest BCUT2D eigenvalue weighted by Crippen LogP contribution is -2.08. The van der Waals surface area contributed by atoms with Crippen molar-refractivity contribution in [1.82, 2.24) is 9.97 Å². The van der Waals surface area contributed by atoms with Crippen molar-refractivity contribution in [1.29, 1.82) is 15.8 Å². The number of nitrogens with two attached hydrogens (primary N) is 1. The van der Waals surface area contributed by atoms with Crippen molar-refractivity contribution in [2.75, 3.05) is 5.73 Å². The fourth-order valence-electron chi connectivity index (χ4n) is 2.19. The second-order valence-electron chi connectivity index (χ2n) is 4.66. The van der Waals surface area contributed by atoms with Gasteiger partial charge in [-0.15, -0.1) is 11.3 Å². The first-order chi connectivity index (χ1) is 11.2. The number of anilines is 1. The minimum Gasteiger partial charge on any atom is -0.383 e. The second kappa shape index (κ2) is 5.73. The summed E-state index contributed by atoms with van der Waals surface area (Å²) in [6.07, 6.45) is 0. The lowest BCUT2D eigenvalue weighted by molar-refractivity contribution is 0.949. The first-order valence-electron chi connectivity index (χ1n) is 6.53. The van der Waals surface area contributed by atoms with Crippen molar-refractivity contribution in [3.8, 4) is 18.2 Å². The molecule has 2 N–H and O–H groups in total. The smallest absolute Gasteiger partial charge is 0.141 e. The highest BCUT2D eigenvalue weighted by molar-refractivity contribution is 7.18. The molecule has 108 valence electrons. The number of aromatic nitrogens is 2. The number of thiazole rings is 1. The van der Waals surface area contributed by atoms with Gasteiger partial charge in [-0.25, -0.2) is 9.97 Å². The third-order valence-electron chi connectivity index (χ3n) is 3.28. The normalized spacial score (nSPS) is 11.3. The molecule has 2 aromatic heterocycles. The summed E-state index contributed by atoms with van der Waals surface area (Å²) in [6.45, 7) is 0. The molecular formula is C16H8N6S. The maximum absolute atomic E-state index is 9.56. The molecule has 0 bridgehead atoms. The Kier molecular flexibility index (Phi) is 3.60. The molecule has 6 nitrogen and oxygen atoms in total. The number of fused-ring (bicyclic) bond motifs is 1. The summed E-state index contributed by atoms with van der Waals surface area (Å²) >= 11 is 1.37. The molecule has 1 aromatic carbocycles. The molecule has 3 aromatic rings. The van der Waals surface area contributed by atoms with Gasteiger partial charge in [-0.1, -0.05) is 12.1 Å². The summed E-state index contributed by atoms with van der Waals surface area (Å²) in [5.74, 6) is -0.806. The van der Waals surface area contributed by atoms with E-state index in [0.29, 0.717) is 5.01 Å². The number of nitrogens with zero attached hydrogens (tertiary/aromatic N) is 5. The highest BCUT2D eigenvalue weighted by Gasteiger charge is 2.24. The molecule has 1 atom stereocenters. The Morgan fingerprint density at radius 3 is 2.43 bits per heavy atom. The third kappa shape index (κ3) is 2.44. The number of nitriles is 3. The van der Waals surface area contributed by atoms with Crippen LogP contribution in [-0.2, 0) is 0 Å². The minimum atomic E-state index is -0.808. The Morgan fingerprint density at radius 2 is 1.78 bits per heavy atom. The van der Waals surface area contributed by atoms with Crippen LogP contribution >= 0.6 is 11.3 Å². The van der Waals surface area contributed by atoms with Gasteiger partial charge in [0.1, 0.15) is 28.9 Å². The van der Waals surface area contributed by atoms with Crippen LogP contribution in [0, 0.1) is 34.0 Å². The summed E-state index contributed by atoms with van der Waals surface area (Å²) in [6, 6.07) is 14.9. The third-order valence-corrected chi connectivity index (χ3v) is 4.38. The topological polar surface area (TPSA) is 123 Å². The second-order valence-corrected chi connectivity index (χ2v) is 5.72. The first-order valence-corrected chi connectivity index (χ1v) is 7.35. The van der Waals surface area contributed by atoms with E-state index in [2.05, 4.69) is 16.0 Å². The van der Waals surface area contributed by atoms with E-state index in [9.17, 15) is 10.5 Å². The summed E-state index contributed by atoms with van der Waals surface area (Å²) in [7, 11) is 0. The van der Waals surface area contributed by atoms with Crippen molar-refractivity contribution in [2.45, 2.75) is 5.92 Å². The van der Waals surface area contributed by atoms with Crippen LogP contribution in [0.1, 0.15) is 27.7 Å². The Bertz CT molecular complexity index is 998. The van der Waals surface area contributed by atoms with Gasteiger partial charge in [-0.05, 0) is 18.2 Å². The standard InChI is InChI=1S/C16H8N6S/c17-6-9-5-10(7-18)15(20)22-14(9)11(8-19)16-21-12-3-1-2-4-13(12)23-16/h1-5,11H,(H2,20,22). The quantitative estimate of drug-likeness (QED) is 0.775. The molecule has 2 heterocycles. The van der Waals surface area contributed by atoms with Gasteiger partial charge in [-0.3, -0.25) is 0 Å². The molecule has 0 aliphatic rings. The summed E-state index contributed by atoms with van der Waals surface area (Å²) in [5, 5.41) is 28.4. The number of para-hydroxylation sites is 1. The average Bonchev–Trinajstić information content (AvgIpc) is 2.99. The van der Waals surface area contributed by atoms with Crippen LogP contribution in [0.3, 0.4) is 0 Å². The van der Waals surface area contributed by atoms with Crippen molar-refractivity contribution >= 4 is 27.4 Å². The van der Waals surface area contributed by atoms with E-state index >= 15 is 0 Å². The van der Waals surface area contributed by atoms with E-state index in [1.807, 2.05) is 36.4 Å². The van der Waals surface area contributed by atoms with Gasteiger partial charge in [0.05, 0.1) is 33.1 Å². The van der Waals surface area contributed by atoms with Gasteiger partial charge < -0.3 is 5.73 Å². The average molecular weight is 316 g/mol. The van der Waals surface area contributed by atoms with E-state index in [-0.39, 0.29) is 22.6 Å². The van der Waals surface area contributed by atoms with Crippen LogP contribution in [0.25, 0.3) is 10.2 Å².